The molecule has 3 nitrogen and oxygen atoms in total. The minimum atomic E-state index is -0.0542. The third kappa shape index (κ3) is 2.75. The molecule has 4 aromatic carbocycles. The van der Waals surface area contributed by atoms with E-state index < -0.39 is 0 Å². The number of carbonyl (C=O) groups is 1. The lowest BCUT2D eigenvalue weighted by Gasteiger charge is -2.17. The first-order valence-electron chi connectivity index (χ1n) is 8.47. The van der Waals surface area contributed by atoms with Crippen LogP contribution in [0.4, 0.5) is 5.69 Å². The molecule has 4 rings (SSSR count). The Kier molecular flexibility index (Phi) is 4.22. The highest BCUT2D eigenvalue weighted by molar-refractivity contribution is 6.18. The Morgan fingerprint density at radius 1 is 0.769 bits per heavy atom. The molecule has 126 valence electrons. The summed E-state index contributed by atoms with van der Waals surface area (Å²) in [6, 6.07) is 29.2. The lowest BCUT2D eigenvalue weighted by atomic mass is 9.90. The van der Waals surface area contributed by atoms with E-state index in [0.29, 0.717) is 16.8 Å². The van der Waals surface area contributed by atoms with Crippen LogP contribution in [0.2, 0.25) is 0 Å². The first kappa shape index (κ1) is 16.1. The average molecular weight is 338 g/mol. The van der Waals surface area contributed by atoms with E-state index in [9.17, 15) is 4.79 Å². The van der Waals surface area contributed by atoms with Crippen LogP contribution in [0.1, 0.15) is 15.9 Å². The maximum absolute atomic E-state index is 13.2. The summed E-state index contributed by atoms with van der Waals surface area (Å²) in [4.78, 5) is 13.2. The zero-order valence-corrected chi connectivity index (χ0v) is 14.1. The molecular weight excluding hydrogens is 320 g/mol. The Balaban J connectivity index is 2.04. The van der Waals surface area contributed by atoms with Crippen molar-refractivity contribution in [2.45, 2.75) is 0 Å². The molecule has 0 aliphatic rings. The monoisotopic (exact) mass is 338 g/mol. The third-order valence-electron chi connectivity index (χ3n) is 4.54. The number of hydrogen-bond acceptors (Lipinski definition) is 3. The number of nitrogens with two attached hydrogens (primary N) is 1. The first-order valence-corrected chi connectivity index (χ1v) is 8.47. The first-order chi connectivity index (χ1) is 12.8. The van der Waals surface area contributed by atoms with Crippen molar-refractivity contribution in [2.75, 3.05) is 5.43 Å². The Labute approximate surface area is 152 Å². The number of nitrogens with one attached hydrogen (secondary N) is 1. The molecule has 26 heavy (non-hydrogen) atoms. The van der Waals surface area contributed by atoms with Crippen molar-refractivity contribution in [3.05, 3.63) is 102 Å². The minimum absolute atomic E-state index is 0.0542. The largest absolute Gasteiger partial charge is 0.323 e. The fourth-order valence-corrected chi connectivity index (χ4v) is 3.33. The molecule has 0 saturated heterocycles. The summed E-state index contributed by atoms with van der Waals surface area (Å²) >= 11 is 0. The van der Waals surface area contributed by atoms with Gasteiger partial charge in [-0.25, -0.2) is 0 Å². The van der Waals surface area contributed by atoms with E-state index in [1.54, 1.807) is 0 Å². The van der Waals surface area contributed by atoms with Crippen LogP contribution >= 0.6 is 0 Å². The summed E-state index contributed by atoms with van der Waals surface area (Å²) in [5, 5.41) is 2.06. The normalized spacial score (nSPS) is 10.7. The summed E-state index contributed by atoms with van der Waals surface area (Å²) in [7, 11) is 0. The second-order valence-electron chi connectivity index (χ2n) is 6.10. The summed E-state index contributed by atoms with van der Waals surface area (Å²) in [5.74, 6) is 5.84. The van der Waals surface area contributed by atoms with Crippen LogP contribution in [0.5, 0.6) is 0 Å². The van der Waals surface area contributed by atoms with Gasteiger partial charge >= 0.3 is 0 Å². The Morgan fingerprint density at radius 2 is 1.38 bits per heavy atom. The van der Waals surface area contributed by atoms with Gasteiger partial charge in [0.05, 0.1) is 5.69 Å². The zero-order chi connectivity index (χ0) is 17.9. The van der Waals surface area contributed by atoms with Crippen molar-refractivity contribution >= 4 is 22.2 Å². The number of benzene rings is 4. The second-order valence-corrected chi connectivity index (χ2v) is 6.10. The quantitative estimate of drug-likeness (QED) is 0.312. The van der Waals surface area contributed by atoms with Gasteiger partial charge < -0.3 is 5.43 Å². The molecule has 0 radical (unpaired) electrons. The molecular formula is C23H18N2O. The number of fused-ring (bicyclic) bond motifs is 1. The standard InChI is InChI=1S/C23H18N2O/c24-25-22-20(23(26)17-11-5-2-6-12-17)15-18-13-7-8-14-19(18)21(22)16-9-3-1-4-10-16/h1-15,25H,24H2. The molecule has 0 unspecified atom stereocenters. The molecule has 0 spiro atoms. The van der Waals surface area contributed by atoms with E-state index in [-0.39, 0.29) is 5.78 Å². The molecule has 3 N–H and O–H groups in total. The Morgan fingerprint density at radius 3 is 2.08 bits per heavy atom. The van der Waals surface area contributed by atoms with Gasteiger partial charge in [-0.3, -0.25) is 10.6 Å². The molecule has 0 aromatic heterocycles. The predicted octanol–water partition coefficient (Wildman–Crippen LogP) is 5.02. The molecule has 0 heterocycles. The molecule has 0 atom stereocenters. The van der Waals surface area contributed by atoms with Crippen molar-refractivity contribution in [2.24, 2.45) is 5.84 Å². The van der Waals surface area contributed by atoms with E-state index in [0.717, 1.165) is 21.9 Å². The summed E-state index contributed by atoms with van der Waals surface area (Å²) < 4.78 is 0. The maximum atomic E-state index is 13.2. The summed E-state index contributed by atoms with van der Waals surface area (Å²) in [5.41, 5.74) is 6.58. The number of hydrazine groups is 1. The van der Waals surface area contributed by atoms with Gasteiger partial charge in [0.25, 0.3) is 0 Å². The molecule has 4 aromatic rings. The van der Waals surface area contributed by atoms with Gasteiger partial charge in [0.15, 0.2) is 5.78 Å². The van der Waals surface area contributed by atoms with Crippen LogP contribution in [0, 0.1) is 0 Å². The van der Waals surface area contributed by atoms with Crippen LogP contribution in [0.25, 0.3) is 21.9 Å². The van der Waals surface area contributed by atoms with Gasteiger partial charge in [-0.05, 0) is 22.4 Å². The van der Waals surface area contributed by atoms with Crippen molar-refractivity contribution < 1.29 is 4.79 Å². The van der Waals surface area contributed by atoms with E-state index in [1.165, 1.54) is 0 Å². The number of anilines is 1. The van der Waals surface area contributed by atoms with Gasteiger partial charge in [-0.15, -0.1) is 0 Å². The number of hydrogen-bond donors (Lipinski definition) is 2. The topological polar surface area (TPSA) is 55.1 Å². The molecule has 0 aliphatic carbocycles. The number of rotatable bonds is 4. The Bertz CT molecular complexity index is 1070. The van der Waals surface area contributed by atoms with E-state index >= 15 is 0 Å². The van der Waals surface area contributed by atoms with Crippen LogP contribution < -0.4 is 11.3 Å². The molecule has 0 aliphatic heterocycles. The summed E-state index contributed by atoms with van der Waals surface area (Å²) in [6.07, 6.45) is 0. The molecule has 0 saturated carbocycles. The van der Waals surface area contributed by atoms with Crippen molar-refractivity contribution in [3.63, 3.8) is 0 Å². The molecule has 0 amide bonds. The second kappa shape index (κ2) is 6.82. The lowest BCUT2D eigenvalue weighted by molar-refractivity contribution is 0.103. The number of nitrogen functional groups attached to an aromatic ring is 1. The van der Waals surface area contributed by atoms with E-state index in [2.05, 4.69) is 11.5 Å². The van der Waals surface area contributed by atoms with Crippen LogP contribution in [-0.4, -0.2) is 5.78 Å². The minimum Gasteiger partial charge on any atom is -0.323 e. The maximum Gasteiger partial charge on any atom is 0.195 e. The van der Waals surface area contributed by atoms with Gasteiger partial charge in [0.2, 0.25) is 0 Å². The lowest BCUT2D eigenvalue weighted by Crippen LogP contribution is -2.14. The zero-order valence-electron chi connectivity index (χ0n) is 14.1. The van der Waals surface area contributed by atoms with E-state index in [4.69, 9.17) is 5.84 Å². The Hall–Kier alpha value is -3.43. The van der Waals surface area contributed by atoms with Crippen molar-refractivity contribution in [1.82, 2.24) is 0 Å². The average Bonchev–Trinajstić information content (AvgIpc) is 2.73. The number of carbonyl (C=O) groups excluding carboxylic acids is 1. The predicted molar refractivity (Wildman–Crippen MR) is 107 cm³/mol. The highest BCUT2D eigenvalue weighted by atomic mass is 16.1. The smallest absolute Gasteiger partial charge is 0.195 e. The summed E-state index contributed by atoms with van der Waals surface area (Å²) in [6.45, 7) is 0. The fraction of sp³-hybridized carbons (Fsp3) is 0. The van der Waals surface area contributed by atoms with Crippen LogP contribution in [-0.2, 0) is 0 Å². The highest BCUT2D eigenvalue weighted by Crippen LogP contribution is 2.38. The van der Waals surface area contributed by atoms with E-state index in [1.807, 2.05) is 84.9 Å². The van der Waals surface area contributed by atoms with Crippen molar-refractivity contribution in [1.29, 1.82) is 0 Å². The SMILES string of the molecule is NNc1c(C(=O)c2ccccc2)cc2ccccc2c1-c1ccccc1. The highest BCUT2D eigenvalue weighted by Gasteiger charge is 2.20. The van der Waals surface area contributed by atoms with Crippen molar-refractivity contribution in [3.8, 4) is 11.1 Å². The number of ketones is 1. The third-order valence-corrected chi connectivity index (χ3v) is 4.54. The fourth-order valence-electron chi connectivity index (χ4n) is 3.33. The van der Waals surface area contributed by atoms with Crippen LogP contribution in [0.15, 0.2) is 91.0 Å². The molecule has 3 heteroatoms. The van der Waals surface area contributed by atoms with Gasteiger partial charge in [0.1, 0.15) is 0 Å². The molecule has 0 bridgehead atoms. The van der Waals surface area contributed by atoms with Crippen LogP contribution in [0.3, 0.4) is 0 Å². The van der Waals surface area contributed by atoms with Gasteiger partial charge in [-0.1, -0.05) is 84.9 Å². The van der Waals surface area contributed by atoms with Gasteiger partial charge in [0, 0.05) is 16.7 Å². The van der Waals surface area contributed by atoms with Gasteiger partial charge in [-0.2, -0.15) is 0 Å². The molecule has 0 fully saturated rings.